The maximum absolute atomic E-state index is 13.6. The molecule has 0 radical (unpaired) electrons. The molecule has 176 valence electrons. The number of halogens is 1. The molecule has 1 aromatic carbocycles. The van der Waals surface area contributed by atoms with Gasteiger partial charge in [0.2, 0.25) is 0 Å². The Morgan fingerprint density at radius 1 is 1.32 bits per heavy atom. The molecule has 1 atom stereocenters. The zero-order valence-corrected chi connectivity index (χ0v) is 19.3. The van der Waals surface area contributed by atoms with E-state index in [9.17, 15) is 9.90 Å². The number of hydrogen-bond acceptors (Lipinski definition) is 10. The fraction of sp³-hybridized carbons (Fsp3) is 0.364. The molecule has 3 aromatic heterocycles. The largest absolute Gasteiger partial charge is 0.396 e. The summed E-state index contributed by atoms with van der Waals surface area (Å²) in [5, 5.41) is 17.3. The minimum absolute atomic E-state index is 0.0866. The molecule has 0 saturated heterocycles. The highest BCUT2D eigenvalue weighted by Crippen LogP contribution is 2.39. The molecule has 5 rings (SSSR count). The van der Waals surface area contributed by atoms with Crippen LogP contribution in [-0.2, 0) is 0 Å². The molecule has 1 aliphatic rings. The van der Waals surface area contributed by atoms with Crippen molar-refractivity contribution >= 4 is 34.1 Å². The van der Waals surface area contributed by atoms with Gasteiger partial charge in [-0.25, -0.2) is 15.0 Å². The number of anilines is 2. The summed E-state index contributed by atoms with van der Waals surface area (Å²) in [6.45, 7) is 3.66. The van der Waals surface area contributed by atoms with E-state index in [2.05, 4.69) is 25.4 Å². The number of aliphatic hydroxyl groups excluding tert-OH is 1. The minimum atomic E-state index is -0.457. The Morgan fingerprint density at radius 2 is 2.12 bits per heavy atom. The van der Waals surface area contributed by atoms with E-state index in [0.29, 0.717) is 51.8 Å². The molecule has 1 saturated carbocycles. The van der Waals surface area contributed by atoms with Crippen LogP contribution in [0.15, 0.2) is 33.8 Å². The number of nitrogen functional groups attached to an aromatic ring is 1. The van der Waals surface area contributed by atoms with Crippen molar-refractivity contribution in [1.29, 1.82) is 0 Å². The molecule has 0 amide bonds. The van der Waals surface area contributed by atoms with Crippen molar-refractivity contribution in [2.45, 2.75) is 38.8 Å². The summed E-state index contributed by atoms with van der Waals surface area (Å²) in [6.07, 6.45) is 2.69. The van der Waals surface area contributed by atoms with E-state index >= 15 is 0 Å². The van der Waals surface area contributed by atoms with Gasteiger partial charge in [-0.15, -0.1) is 0 Å². The first-order valence-corrected chi connectivity index (χ1v) is 11.2. The van der Waals surface area contributed by atoms with Crippen molar-refractivity contribution in [3.05, 3.63) is 51.6 Å². The number of hydrogen-bond donors (Lipinski definition) is 3. The van der Waals surface area contributed by atoms with Crippen LogP contribution in [0.5, 0.6) is 0 Å². The minimum Gasteiger partial charge on any atom is -0.396 e. The van der Waals surface area contributed by atoms with Crippen LogP contribution in [0.4, 0.5) is 11.6 Å². The van der Waals surface area contributed by atoms with E-state index < -0.39 is 6.04 Å². The third kappa shape index (κ3) is 3.76. The van der Waals surface area contributed by atoms with Gasteiger partial charge in [-0.2, -0.15) is 4.98 Å². The van der Waals surface area contributed by atoms with Gasteiger partial charge < -0.3 is 20.7 Å². The van der Waals surface area contributed by atoms with Crippen LogP contribution in [0.1, 0.15) is 43.5 Å². The zero-order valence-electron chi connectivity index (χ0n) is 18.6. The predicted octanol–water partition coefficient (Wildman–Crippen LogP) is 2.90. The first-order chi connectivity index (χ1) is 16.4. The van der Waals surface area contributed by atoms with Crippen LogP contribution < -0.4 is 16.6 Å². The number of aryl methyl sites for hydroxylation is 1. The van der Waals surface area contributed by atoms with Gasteiger partial charge in [-0.1, -0.05) is 22.8 Å². The van der Waals surface area contributed by atoms with Crippen LogP contribution >= 0.6 is 11.6 Å². The Morgan fingerprint density at radius 3 is 2.82 bits per heavy atom. The molecule has 4 aromatic rings. The van der Waals surface area contributed by atoms with Gasteiger partial charge in [0, 0.05) is 12.6 Å². The van der Waals surface area contributed by atoms with E-state index in [-0.39, 0.29) is 35.8 Å². The molecule has 0 unspecified atom stereocenters. The van der Waals surface area contributed by atoms with E-state index in [1.165, 1.54) is 6.33 Å². The average molecular weight is 483 g/mol. The molecule has 12 heteroatoms. The number of benzene rings is 1. The summed E-state index contributed by atoms with van der Waals surface area (Å²) in [7, 11) is 0. The van der Waals surface area contributed by atoms with Gasteiger partial charge in [-0.3, -0.25) is 9.36 Å². The van der Waals surface area contributed by atoms with Crippen LogP contribution in [0, 0.1) is 12.8 Å². The molecule has 34 heavy (non-hydrogen) atoms. The molecule has 0 bridgehead atoms. The van der Waals surface area contributed by atoms with Crippen molar-refractivity contribution in [2.24, 2.45) is 5.92 Å². The number of fused-ring (bicyclic) bond motifs is 1. The summed E-state index contributed by atoms with van der Waals surface area (Å²) in [4.78, 5) is 31.0. The SMILES string of the molecule is Cc1noc(-c2c(N)ncnc2N[C@@H](C)c2nc3cccc(Cl)c3c(=O)n2C2CC(CO)C2)n1. The standard InChI is InChI=1S/C22H23ClN8O3/c1-10(27-19-17(18(24)25-9-26-19)21-28-11(2)30-34-21)20-29-15-5-3-4-14(23)16(15)22(33)31(20)13-6-12(7-13)8-32/h3-5,9-10,12-13,32H,6-8H2,1-2H3,(H3,24,25,26,27)/t10-,12?,13?/m0/s1. The van der Waals surface area contributed by atoms with E-state index in [4.69, 9.17) is 26.8 Å². The van der Waals surface area contributed by atoms with Gasteiger partial charge >= 0.3 is 0 Å². The summed E-state index contributed by atoms with van der Waals surface area (Å²) < 4.78 is 6.97. The Kier molecular flexibility index (Phi) is 5.66. The number of aromatic nitrogens is 6. The van der Waals surface area contributed by atoms with Gasteiger partial charge in [0.15, 0.2) is 5.82 Å². The van der Waals surface area contributed by atoms with Crippen molar-refractivity contribution in [1.82, 2.24) is 29.7 Å². The van der Waals surface area contributed by atoms with Gasteiger partial charge in [-0.05, 0) is 44.7 Å². The van der Waals surface area contributed by atoms with Crippen LogP contribution in [0.25, 0.3) is 22.4 Å². The Bertz CT molecular complexity index is 1430. The second-order valence-corrected chi connectivity index (χ2v) is 8.86. The maximum Gasteiger partial charge on any atom is 0.265 e. The van der Waals surface area contributed by atoms with E-state index in [1.807, 2.05) is 6.92 Å². The zero-order chi connectivity index (χ0) is 24.0. The lowest BCUT2D eigenvalue weighted by Crippen LogP contribution is -2.39. The molecule has 1 fully saturated rings. The lowest BCUT2D eigenvalue weighted by Gasteiger charge is -2.37. The first kappa shape index (κ1) is 22.2. The number of aliphatic hydroxyl groups is 1. The summed E-state index contributed by atoms with van der Waals surface area (Å²) in [5.41, 5.74) is 6.77. The monoisotopic (exact) mass is 482 g/mol. The quantitative estimate of drug-likeness (QED) is 0.373. The molecular weight excluding hydrogens is 460 g/mol. The highest BCUT2D eigenvalue weighted by molar-refractivity contribution is 6.35. The van der Waals surface area contributed by atoms with Crippen molar-refractivity contribution < 1.29 is 9.63 Å². The summed E-state index contributed by atoms with van der Waals surface area (Å²) in [6, 6.07) is 4.65. The third-order valence-corrected chi connectivity index (χ3v) is 6.41. The van der Waals surface area contributed by atoms with E-state index in [1.54, 1.807) is 29.7 Å². The van der Waals surface area contributed by atoms with Crippen molar-refractivity contribution in [3.63, 3.8) is 0 Å². The Labute approximate surface area is 199 Å². The Balaban J connectivity index is 1.60. The number of rotatable bonds is 6. The number of nitrogens with one attached hydrogen (secondary N) is 1. The molecule has 1 aliphatic carbocycles. The van der Waals surface area contributed by atoms with Crippen LogP contribution in [-0.4, -0.2) is 41.4 Å². The number of nitrogens with two attached hydrogens (primary N) is 1. The topological polar surface area (TPSA) is 158 Å². The Hall–Kier alpha value is -3.57. The molecule has 11 nitrogen and oxygen atoms in total. The first-order valence-electron chi connectivity index (χ1n) is 10.9. The highest BCUT2D eigenvalue weighted by atomic mass is 35.5. The maximum atomic E-state index is 13.6. The van der Waals surface area contributed by atoms with E-state index in [0.717, 1.165) is 0 Å². The fourth-order valence-electron chi connectivity index (χ4n) is 4.33. The predicted molar refractivity (Wildman–Crippen MR) is 126 cm³/mol. The molecule has 3 heterocycles. The smallest absolute Gasteiger partial charge is 0.265 e. The van der Waals surface area contributed by atoms with Crippen molar-refractivity contribution in [2.75, 3.05) is 17.7 Å². The third-order valence-electron chi connectivity index (χ3n) is 6.10. The average Bonchev–Trinajstić information content (AvgIpc) is 3.20. The van der Waals surface area contributed by atoms with Gasteiger partial charge in [0.05, 0.1) is 22.0 Å². The van der Waals surface area contributed by atoms with Gasteiger partial charge in [0.25, 0.3) is 11.4 Å². The number of nitrogens with zero attached hydrogens (tertiary/aromatic N) is 6. The second-order valence-electron chi connectivity index (χ2n) is 8.45. The normalized spacial score (nSPS) is 18.6. The fourth-order valence-corrected chi connectivity index (χ4v) is 4.58. The van der Waals surface area contributed by atoms with Crippen molar-refractivity contribution in [3.8, 4) is 11.5 Å². The highest BCUT2D eigenvalue weighted by Gasteiger charge is 2.34. The molecule has 4 N–H and O–H groups in total. The lowest BCUT2D eigenvalue weighted by atomic mass is 9.80. The summed E-state index contributed by atoms with van der Waals surface area (Å²) >= 11 is 6.36. The molecule has 0 aliphatic heterocycles. The lowest BCUT2D eigenvalue weighted by molar-refractivity contribution is 0.108. The van der Waals surface area contributed by atoms with Crippen LogP contribution in [0.3, 0.4) is 0 Å². The summed E-state index contributed by atoms with van der Waals surface area (Å²) in [5.74, 6) is 1.86. The van der Waals surface area contributed by atoms with Gasteiger partial charge in [0.1, 0.15) is 29.4 Å². The molecular formula is C22H23ClN8O3. The van der Waals surface area contributed by atoms with Crippen LogP contribution in [0.2, 0.25) is 5.02 Å². The molecule has 0 spiro atoms. The second kappa shape index (κ2) is 8.65.